The summed E-state index contributed by atoms with van der Waals surface area (Å²) >= 11 is 0. The number of fused-ring (bicyclic) bond motifs is 1. The fourth-order valence-corrected chi connectivity index (χ4v) is 3.40. The van der Waals surface area contributed by atoms with Gasteiger partial charge in [-0.2, -0.15) is 5.10 Å². The first-order chi connectivity index (χ1) is 12.2. The molecule has 1 heterocycles. The minimum Gasteiger partial charge on any atom is -0.326 e. The van der Waals surface area contributed by atoms with Gasteiger partial charge in [0.1, 0.15) is 12.7 Å². The van der Waals surface area contributed by atoms with E-state index in [1.54, 1.807) is 11.0 Å². The van der Waals surface area contributed by atoms with Gasteiger partial charge in [-0.15, -0.1) is 0 Å². The van der Waals surface area contributed by atoms with E-state index in [0.29, 0.717) is 13.0 Å². The van der Waals surface area contributed by atoms with Crippen LogP contribution in [0, 0.1) is 0 Å². The Morgan fingerprint density at radius 1 is 1.20 bits per heavy atom. The number of hydrogen-bond donors (Lipinski definition) is 2. The number of hydrogen-bond acceptors (Lipinski definition) is 4. The zero-order valence-electron chi connectivity index (χ0n) is 13.7. The van der Waals surface area contributed by atoms with Crippen LogP contribution >= 0.6 is 0 Å². The number of nitrogens with zero attached hydrogens (tertiary/aromatic N) is 3. The van der Waals surface area contributed by atoms with Crippen molar-refractivity contribution in [3.63, 3.8) is 0 Å². The normalized spacial score (nSPS) is 18.8. The van der Waals surface area contributed by atoms with Crippen molar-refractivity contribution in [2.75, 3.05) is 5.32 Å². The first-order valence-electron chi connectivity index (χ1n) is 8.27. The number of amides is 1. The number of benzene rings is 2. The van der Waals surface area contributed by atoms with Gasteiger partial charge in [0, 0.05) is 11.7 Å². The van der Waals surface area contributed by atoms with Crippen LogP contribution < -0.4 is 11.1 Å². The van der Waals surface area contributed by atoms with Crippen molar-refractivity contribution >= 4 is 11.6 Å². The van der Waals surface area contributed by atoms with Gasteiger partial charge < -0.3 is 11.1 Å². The quantitative estimate of drug-likeness (QED) is 0.768. The molecule has 2 atom stereocenters. The van der Waals surface area contributed by atoms with Crippen molar-refractivity contribution in [1.82, 2.24) is 14.8 Å². The predicted octanol–water partition coefficient (Wildman–Crippen LogP) is 2.45. The van der Waals surface area contributed by atoms with Gasteiger partial charge in [0.25, 0.3) is 0 Å². The van der Waals surface area contributed by atoms with Gasteiger partial charge in [-0.1, -0.05) is 36.4 Å². The summed E-state index contributed by atoms with van der Waals surface area (Å²) in [5, 5.41) is 7.13. The molecule has 4 rings (SSSR count). The lowest BCUT2D eigenvalue weighted by Crippen LogP contribution is -2.20. The summed E-state index contributed by atoms with van der Waals surface area (Å²) in [7, 11) is 0. The van der Waals surface area contributed by atoms with Crippen molar-refractivity contribution in [3.8, 4) is 0 Å². The van der Waals surface area contributed by atoms with Crippen LogP contribution in [0.3, 0.4) is 0 Å². The van der Waals surface area contributed by atoms with Gasteiger partial charge in [0.15, 0.2) is 0 Å². The Hall–Kier alpha value is -2.99. The molecule has 1 amide bonds. The minimum absolute atomic E-state index is 0.0155. The third-order valence-electron chi connectivity index (χ3n) is 4.58. The van der Waals surface area contributed by atoms with Gasteiger partial charge in [-0.25, -0.2) is 9.67 Å². The summed E-state index contributed by atoms with van der Waals surface area (Å²) in [6.45, 7) is 0.612. The lowest BCUT2D eigenvalue weighted by Gasteiger charge is -2.13. The van der Waals surface area contributed by atoms with E-state index in [-0.39, 0.29) is 17.9 Å². The molecule has 0 saturated heterocycles. The number of anilines is 1. The van der Waals surface area contributed by atoms with Crippen LogP contribution in [-0.2, 0) is 11.3 Å². The van der Waals surface area contributed by atoms with Crippen LogP contribution in [0.2, 0.25) is 0 Å². The molecule has 1 aromatic heterocycles. The van der Waals surface area contributed by atoms with E-state index in [2.05, 4.69) is 15.4 Å². The molecule has 0 saturated carbocycles. The van der Waals surface area contributed by atoms with Crippen molar-refractivity contribution < 1.29 is 4.79 Å². The zero-order chi connectivity index (χ0) is 17.2. The van der Waals surface area contributed by atoms with Gasteiger partial charge >= 0.3 is 0 Å². The molecule has 0 radical (unpaired) electrons. The van der Waals surface area contributed by atoms with Gasteiger partial charge in [0.2, 0.25) is 5.91 Å². The summed E-state index contributed by atoms with van der Waals surface area (Å²) in [6, 6.07) is 15.6. The monoisotopic (exact) mass is 333 g/mol. The van der Waals surface area contributed by atoms with Gasteiger partial charge in [-0.3, -0.25) is 4.79 Å². The Morgan fingerprint density at radius 3 is 2.84 bits per heavy atom. The second-order valence-electron chi connectivity index (χ2n) is 6.31. The highest BCUT2D eigenvalue weighted by Gasteiger charge is 2.33. The van der Waals surface area contributed by atoms with E-state index < -0.39 is 0 Å². The van der Waals surface area contributed by atoms with Crippen molar-refractivity contribution in [2.24, 2.45) is 5.73 Å². The molecule has 0 bridgehead atoms. The molecule has 3 N–H and O–H groups in total. The third-order valence-corrected chi connectivity index (χ3v) is 4.58. The van der Waals surface area contributed by atoms with Crippen LogP contribution in [-0.4, -0.2) is 20.7 Å². The highest BCUT2D eigenvalue weighted by molar-refractivity contribution is 5.96. The Kier molecular flexibility index (Phi) is 4.03. The molecular weight excluding hydrogens is 314 g/mol. The van der Waals surface area contributed by atoms with Crippen molar-refractivity contribution in [2.45, 2.75) is 24.9 Å². The molecule has 126 valence electrons. The Balaban J connectivity index is 1.50. The SMILES string of the molecule is NC1CC(C(=O)Nc2cccc(Cn3cncn3)c2)c2ccccc21. The fraction of sp³-hybridized carbons (Fsp3) is 0.211. The summed E-state index contributed by atoms with van der Waals surface area (Å²) in [4.78, 5) is 16.7. The number of nitrogens with two attached hydrogens (primary N) is 1. The number of rotatable bonds is 4. The molecule has 6 nitrogen and oxygen atoms in total. The van der Waals surface area contributed by atoms with Gasteiger partial charge in [-0.05, 0) is 35.2 Å². The fourth-order valence-electron chi connectivity index (χ4n) is 3.40. The molecule has 6 heteroatoms. The Labute approximate surface area is 145 Å². The lowest BCUT2D eigenvalue weighted by atomic mass is 10.0. The maximum Gasteiger partial charge on any atom is 0.231 e. The van der Waals surface area contributed by atoms with Crippen LogP contribution in [0.4, 0.5) is 5.69 Å². The molecule has 2 unspecified atom stereocenters. The minimum atomic E-state index is -0.204. The van der Waals surface area contributed by atoms with Crippen LogP contribution in [0.1, 0.15) is 35.1 Å². The van der Waals surface area contributed by atoms with E-state index in [9.17, 15) is 4.79 Å². The average molecular weight is 333 g/mol. The summed E-state index contributed by atoms with van der Waals surface area (Å²) < 4.78 is 1.74. The summed E-state index contributed by atoms with van der Waals surface area (Å²) in [6.07, 6.45) is 3.82. The zero-order valence-corrected chi connectivity index (χ0v) is 13.7. The van der Waals surface area contributed by atoms with E-state index in [1.165, 1.54) is 6.33 Å². The first-order valence-corrected chi connectivity index (χ1v) is 8.27. The molecule has 0 fully saturated rings. The van der Waals surface area contributed by atoms with Gasteiger partial charge in [0.05, 0.1) is 12.5 Å². The maximum atomic E-state index is 12.8. The highest BCUT2D eigenvalue weighted by Crippen LogP contribution is 2.39. The second kappa shape index (κ2) is 6.49. The maximum absolute atomic E-state index is 12.8. The van der Waals surface area contributed by atoms with E-state index in [0.717, 1.165) is 22.4 Å². The largest absolute Gasteiger partial charge is 0.326 e. The molecule has 3 aromatic rings. The molecule has 1 aliphatic rings. The number of nitrogens with one attached hydrogen (secondary N) is 1. The molecule has 25 heavy (non-hydrogen) atoms. The third kappa shape index (κ3) is 3.16. The van der Waals surface area contributed by atoms with Crippen molar-refractivity contribution in [3.05, 3.63) is 77.9 Å². The second-order valence-corrected chi connectivity index (χ2v) is 6.31. The number of carbonyl (C=O) groups excluding carboxylic acids is 1. The molecule has 0 spiro atoms. The standard InChI is InChI=1S/C19H19N5O/c20-18-9-17(15-6-1-2-7-16(15)18)19(25)23-14-5-3-4-13(8-14)10-24-12-21-11-22-24/h1-8,11-12,17-18H,9-10,20H2,(H,23,25). The number of carbonyl (C=O) groups is 1. The Bertz CT molecular complexity index is 890. The first kappa shape index (κ1) is 15.5. The highest BCUT2D eigenvalue weighted by atomic mass is 16.1. The van der Waals surface area contributed by atoms with E-state index in [4.69, 9.17) is 5.73 Å². The smallest absolute Gasteiger partial charge is 0.231 e. The predicted molar refractivity (Wildman–Crippen MR) is 94.9 cm³/mol. The molecule has 2 aromatic carbocycles. The Morgan fingerprint density at radius 2 is 2.04 bits per heavy atom. The molecular formula is C19H19N5O. The van der Waals surface area contributed by atoms with Crippen LogP contribution in [0.15, 0.2) is 61.2 Å². The van der Waals surface area contributed by atoms with Crippen LogP contribution in [0.25, 0.3) is 0 Å². The topological polar surface area (TPSA) is 85.8 Å². The van der Waals surface area contributed by atoms with E-state index >= 15 is 0 Å². The van der Waals surface area contributed by atoms with E-state index in [1.807, 2.05) is 48.5 Å². The molecule has 0 aliphatic heterocycles. The lowest BCUT2D eigenvalue weighted by molar-refractivity contribution is -0.117. The summed E-state index contributed by atoms with van der Waals surface area (Å²) in [5.41, 5.74) is 10.1. The number of aromatic nitrogens is 3. The average Bonchev–Trinajstić information content (AvgIpc) is 3.24. The van der Waals surface area contributed by atoms with Crippen LogP contribution in [0.5, 0.6) is 0 Å². The molecule has 1 aliphatic carbocycles. The summed E-state index contributed by atoms with van der Waals surface area (Å²) in [5.74, 6) is -0.219. The van der Waals surface area contributed by atoms with Crippen molar-refractivity contribution in [1.29, 1.82) is 0 Å².